The van der Waals surface area contributed by atoms with Crippen molar-refractivity contribution in [1.82, 2.24) is 9.78 Å². The minimum Gasteiger partial charge on any atom is -0.465 e. The van der Waals surface area contributed by atoms with E-state index in [-0.39, 0.29) is 16.7 Å². The van der Waals surface area contributed by atoms with Gasteiger partial charge >= 0.3 is 12.1 Å². The lowest BCUT2D eigenvalue weighted by Gasteiger charge is -2.06. The fraction of sp³-hybridized carbons (Fsp3) is 0.231. The van der Waals surface area contributed by atoms with Crippen LogP contribution in [0.2, 0.25) is 10.0 Å². The van der Waals surface area contributed by atoms with Gasteiger partial charge in [0.1, 0.15) is 11.4 Å². The summed E-state index contributed by atoms with van der Waals surface area (Å²) in [6, 6.07) is 4.90. The molecule has 5 nitrogen and oxygen atoms in total. The number of hydrogen-bond acceptors (Lipinski definition) is 4. The molecule has 0 atom stereocenters. The maximum atomic E-state index is 12.6. The van der Waals surface area contributed by atoms with Crippen molar-refractivity contribution in [3.63, 3.8) is 0 Å². The molecule has 0 unspecified atom stereocenters. The summed E-state index contributed by atoms with van der Waals surface area (Å²) < 4.78 is 48.2. The van der Waals surface area contributed by atoms with Gasteiger partial charge in [-0.3, -0.25) is 4.68 Å². The predicted molar refractivity (Wildman–Crippen MR) is 75.8 cm³/mol. The van der Waals surface area contributed by atoms with Gasteiger partial charge in [0.05, 0.1) is 5.02 Å². The lowest BCUT2D eigenvalue weighted by atomic mass is 10.3. The number of alkyl halides is 3. The molecule has 0 bridgehead atoms. The van der Waals surface area contributed by atoms with Crippen LogP contribution in [0.25, 0.3) is 0 Å². The fourth-order valence-electron chi connectivity index (χ4n) is 1.62. The topological polar surface area (TPSA) is 53.4 Å². The third-order valence-corrected chi connectivity index (χ3v) is 3.13. The number of halogens is 5. The zero-order valence-electron chi connectivity index (χ0n) is 11.5. The number of benzene rings is 1. The molecule has 0 saturated heterocycles. The molecule has 0 aliphatic heterocycles. The van der Waals surface area contributed by atoms with Gasteiger partial charge in [-0.05, 0) is 18.2 Å². The lowest BCUT2D eigenvalue weighted by Crippen LogP contribution is -2.18. The molecule has 1 aromatic carbocycles. The molecule has 23 heavy (non-hydrogen) atoms. The van der Waals surface area contributed by atoms with Gasteiger partial charge in [-0.1, -0.05) is 23.2 Å². The molecule has 0 fully saturated rings. The molecule has 10 heteroatoms. The Kier molecular flexibility index (Phi) is 5.06. The summed E-state index contributed by atoms with van der Waals surface area (Å²) in [5.74, 6) is -1.14. The maximum Gasteiger partial charge on any atom is 0.433 e. The van der Waals surface area contributed by atoms with E-state index in [1.165, 1.54) is 18.2 Å². The van der Waals surface area contributed by atoms with Crippen LogP contribution in [0.1, 0.15) is 5.69 Å². The number of nitrogens with zero attached hydrogens (tertiary/aromatic N) is 2. The molecule has 1 heterocycles. The number of rotatable bonds is 4. The molecule has 0 aliphatic carbocycles. The summed E-state index contributed by atoms with van der Waals surface area (Å²) in [6.45, 7) is -0.632. The maximum absolute atomic E-state index is 12.6. The van der Waals surface area contributed by atoms with Gasteiger partial charge in [0.15, 0.2) is 6.61 Å². The number of hydrogen-bond donors (Lipinski definition) is 0. The van der Waals surface area contributed by atoms with Gasteiger partial charge in [-0.15, -0.1) is 5.10 Å². The third kappa shape index (κ3) is 4.52. The molecule has 124 valence electrons. The molecule has 2 rings (SSSR count). The molecule has 0 N–H and O–H groups in total. The summed E-state index contributed by atoms with van der Waals surface area (Å²) in [5.41, 5.74) is -0.999. The Morgan fingerprint density at radius 2 is 2.00 bits per heavy atom. The average molecular weight is 369 g/mol. The third-order valence-electron chi connectivity index (χ3n) is 2.60. The van der Waals surface area contributed by atoms with Crippen molar-refractivity contribution >= 4 is 29.2 Å². The number of carbonyl (C=O) groups excluding carboxylic acids is 1. The van der Waals surface area contributed by atoms with Crippen LogP contribution in [-0.2, 0) is 18.0 Å². The van der Waals surface area contributed by atoms with Crippen molar-refractivity contribution in [2.75, 3.05) is 6.61 Å². The van der Waals surface area contributed by atoms with Crippen molar-refractivity contribution in [3.05, 3.63) is 40.0 Å². The lowest BCUT2D eigenvalue weighted by molar-refractivity contribution is -0.143. The van der Waals surface area contributed by atoms with Crippen LogP contribution in [0.4, 0.5) is 13.2 Å². The molecule has 0 saturated carbocycles. The first kappa shape index (κ1) is 17.4. The van der Waals surface area contributed by atoms with Crippen LogP contribution in [0, 0.1) is 0 Å². The Balaban J connectivity index is 1.97. The molecule has 0 spiro atoms. The van der Waals surface area contributed by atoms with Gasteiger partial charge in [-0.2, -0.15) is 13.2 Å². The summed E-state index contributed by atoms with van der Waals surface area (Å²) in [7, 11) is 1.11. The first-order valence-electron chi connectivity index (χ1n) is 6.06. The zero-order valence-corrected chi connectivity index (χ0v) is 13.0. The van der Waals surface area contributed by atoms with E-state index in [0.29, 0.717) is 15.8 Å². The van der Waals surface area contributed by atoms with E-state index in [1.54, 1.807) is 0 Å². The van der Waals surface area contributed by atoms with Gasteiger partial charge in [0.2, 0.25) is 5.88 Å². The number of aromatic nitrogens is 2. The first-order valence-corrected chi connectivity index (χ1v) is 6.82. The van der Waals surface area contributed by atoms with Crippen LogP contribution >= 0.6 is 23.2 Å². The molecule has 0 radical (unpaired) electrons. The summed E-state index contributed by atoms with van der Waals surface area (Å²) >= 11 is 11.5. The van der Waals surface area contributed by atoms with Crippen LogP contribution in [0.15, 0.2) is 24.3 Å². The fourth-order valence-corrected chi connectivity index (χ4v) is 2.07. The summed E-state index contributed by atoms with van der Waals surface area (Å²) in [5, 5.41) is 3.98. The first-order chi connectivity index (χ1) is 10.7. The molecular formula is C13H9Cl2F3N2O3. The number of aryl methyl sites for hydroxylation is 1. The standard InChI is InChI=1S/C13H9Cl2F3N2O3/c1-20-10(13(16,17)18)5-11(19-20)22-6-12(21)23-9-3-2-7(14)4-8(9)15/h2-5H,6H2,1H3. The van der Waals surface area contributed by atoms with E-state index in [9.17, 15) is 18.0 Å². The van der Waals surface area contributed by atoms with Gasteiger partial charge < -0.3 is 9.47 Å². The Bertz CT molecular complexity index is 732. The monoisotopic (exact) mass is 368 g/mol. The number of esters is 1. The van der Waals surface area contributed by atoms with Gasteiger partial charge in [-0.25, -0.2) is 4.79 Å². The molecule has 1 aromatic heterocycles. The van der Waals surface area contributed by atoms with E-state index in [1.807, 2.05) is 0 Å². The Labute approximate surface area is 138 Å². The predicted octanol–water partition coefficient (Wildman–Crippen LogP) is 3.73. The zero-order chi connectivity index (χ0) is 17.2. The minimum atomic E-state index is -4.57. The second-order valence-electron chi connectivity index (χ2n) is 4.33. The van der Waals surface area contributed by atoms with E-state index >= 15 is 0 Å². The van der Waals surface area contributed by atoms with E-state index in [2.05, 4.69) is 5.10 Å². The number of ether oxygens (including phenoxy) is 2. The van der Waals surface area contributed by atoms with Crippen molar-refractivity contribution in [2.45, 2.75) is 6.18 Å². The van der Waals surface area contributed by atoms with Crippen molar-refractivity contribution in [3.8, 4) is 11.6 Å². The normalized spacial score (nSPS) is 11.4. The second-order valence-corrected chi connectivity index (χ2v) is 5.17. The Morgan fingerprint density at radius 3 is 2.57 bits per heavy atom. The van der Waals surface area contributed by atoms with Gasteiger partial charge in [0, 0.05) is 18.1 Å². The highest BCUT2D eigenvalue weighted by Crippen LogP contribution is 2.31. The average Bonchev–Trinajstić information content (AvgIpc) is 2.81. The highest BCUT2D eigenvalue weighted by atomic mass is 35.5. The highest BCUT2D eigenvalue weighted by molar-refractivity contribution is 6.35. The Morgan fingerprint density at radius 1 is 1.30 bits per heavy atom. The molecular weight excluding hydrogens is 360 g/mol. The molecule has 0 amide bonds. The van der Waals surface area contributed by atoms with E-state index in [0.717, 1.165) is 7.05 Å². The summed E-state index contributed by atoms with van der Waals surface area (Å²) in [6.07, 6.45) is -4.57. The minimum absolute atomic E-state index is 0.0571. The highest BCUT2D eigenvalue weighted by Gasteiger charge is 2.35. The van der Waals surface area contributed by atoms with Crippen molar-refractivity contribution < 1.29 is 27.4 Å². The van der Waals surface area contributed by atoms with Gasteiger partial charge in [0.25, 0.3) is 0 Å². The van der Waals surface area contributed by atoms with E-state index < -0.39 is 24.4 Å². The summed E-state index contributed by atoms with van der Waals surface area (Å²) in [4.78, 5) is 11.6. The molecule has 2 aromatic rings. The largest absolute Gasteiger partial charge is 0.465 e. The van der Waals surface area contributed by atoms with Crippen LogP contribution in [-0.4, -0.2) is 22.4 Å². The quantitative estimate of drug-likeness (QED) is 0.609. The molecule has 0 aliphatic rings. The smallest absolute Gasteiger partial charge is 0.433 e. The van der Waals surface area contributed by atoms with Crippen LogP contribution < -0.4 is 9.47 Å². The number of carbonyl (C=O) groups is 1. The van der Waals surface area contributed by atoms with E-state index in [4.69, 9.17) is 32.7 Å². The SMILES string of the molecule is Cn1nc(OCC(=O)Oc2ccc(Cl)cc2Cl)cc1C(F)(F)F. The van der Waals surface area contributed by atoms with Crippen LogP contribution in [0.3, 0.4) is 0 Å². The van der Waals surface area contributed by atoms with Crippen molar-refractivity contribution in [2.24, 2.45) is 7.05 Å². The Hall–Kier alpha value is -1.93. The van der Waals surface area contributed by atoms with Crippen LogP contribution in [0.5, 0.6) is 11.6 Å². The second kappa shape index (κ2) is 6.67. The van der Waals surface area contributed by atoms with Crippen molar-refractivity contribution in [1.29, 1.82) is 0 Å².